The van der Waals surface area contributed by atoms with Gasteiger partial charge in [-0.1, -0.05) is 17.7 Å². The van der Waals surface area contributed by atoms with Crippen LogP contribution in [0.2, 0.25) is 0 Å². The van der Waals surface area contributed by atoms with E-state index in [1.165, 1.54) is 0 Å². The first-order chi connectivity index (χ1) is 8.48. The van der Waals surface area contributed by atoms with Crippen LogP contribution in [0.3, 0.4) is 0 Å². The number of benzene rings is 1. The third-order valence-corrected chi connectivity index (χ3v) is 6.42. The van der Waals surface area contributed by atoms with Crippen LogP contribution >= 0.6 is 0 Å². The number of fused-ring (bicyclic) bond motifs is 1. The number of hydrogen-bond acceptors (Lipinski definition) is 4. The average Bonchev–Trinajstić information content (AvgIpc) is 3.07. The van der Waals surface area contributed by atoms with Crippen molar-refractivity contribution < 1.29 is 17.9 Å². The first-order valence-corrected chi connectivity index (χ1v) is 7.45. The van der Waals surface area contributed by atoms with E-state index in [1.807, 2.05) is 6.92 Å². The highest BCUT2D eigenvalue weighted by atomic mass is 32.2. The van der Waals surface area contributed by atoms with E-state index in [0.29, 0.717) is 19.4 Å². The molecule has 0 unspecified atom stereocenters. The molecule has 1 aliphatic carbocycles. The van der Waals surface area contributed by atoms with Crippen LogP contribution in [0.25, 0.3) is 0 Å². The fourth-order valence-corrected chi connectivity index (χ4v) is 4.85. The van der Waals surface area contributed by atoms with Crippen molar-refractivity contribution in [3.05, 3.63) is 29.8 Å². The lowest BCUT2D eigenvalue weighted by Gasteiger charge is -2.21. The summed E-state index contributed by atoms with van der Waals surface area (Å²) in [5, 5.41) is 0. The maximum Gasteiger partial charge on any atom is 0.328 e. The van der Waals surface area contributed by atoms with Gasteiger partial charge >= 0.3 is 5.97 Å². The van der Waals surface area contributed by atoms with Crippen molar-refractivity contribution in [3.63, 3.8) is 0 Å². The van der Waals surface area contributed by atoms with E-state index < -0.39 is 20.6 Å². The lowest BCUT2D eigenvalue weighted by Crippen LogP contribution is -2.39. The predicted octanol–water partition coefficient (Wildman–Crippen LogP) is 1.47. The molecule has 0 amide bonds. The van der Waals surface area contributed by atoms with Crippen molar-refractivity contribution in [2.45, 2.75) is 29.4 Å². The van der Waals surface area contributed by atoms with Crippen LogP contribution in [0, 0.1) is 12.8 Å². The molecule has 0 aromatic heterocycles. The zero-order valence-corrected chi connectivity index (χ0v) is 10.9. The zero-order valence-electron chi connectivity index (χ0n) is 10.0. The fourth-order valence-electron chi connectivity index (χ4n) is 2.67. The van der Waals surface area contributed by atoms with Gasteiger partial charge < -0.3 is 4.74 Å². The molecular formula is C13H14O4S. The second-order valence-electron chi connectivity index (χ2n) is 5.03. The summed E-state index contributed by atoms with van der Waals surface area (Å²) >= 11 is 0. The number of rotatable bonds is 2. The summed E-state index contributed by atoms with van der Waals surface area (Å²) in [7, 11) is -3.63. The molecule has 18 heavy (non-hydrogen) atoms. The number of sulfone groups is 1. The minimum atomic E-state index is -3.63. The molecule has 96 valence electrons. The van der Waals surface area contributed by atoms with Crippen molar-refractivity contribution in [3.8, 4) is 0 Å². The Morgan fingerprint density at radius 2 is 1.94 bits per heavy atom. The molecule has 1 aliphatic heterocycles. The lowest BCUT2D eigenvalue weighted by atomic mass is 10.2. The highest BCUT2D eigenvalue weighted by molar-refractivity contribution is 7.94. The third kappa shape index (κ3) is 1.37. The number of ether oxygens (including phenoxy) is 1. The van der Waals surface area contributed by atoms with Crippen LogP contribution < -0.4 is 0 Å². The van der Waals surface area contributed by atoms with Gasteiger partial charge in [0.2, 0.25) is 0 Å². The molecule has 2 atom stereocenters. The SMILES string of the molecule is Cc1ccc(S(=O)(=O)[C@@]23C[C@@H]2CCOC3=O)cc1. The van der Waals surface area contributed by atoms with Crippen LogP contribution in [0.1, 0.15) is 18.4 Å². The van der Waals surface area contributed by atoms with Crippen molar-refractivity contribution in [2.75, 3.05) is 6.61 Å². The Kier molecular flexibility index (Phi) is 2.32. The normalized spacial score (nSPS) is 30.5. The molecule has 0 N–H and O–H groups in total. The van der Waals surface area contributed by atoms with E-state index in [1.54, 1.807) is 24.3 Å². The maximum absolute atomic E-state index is 12.6. The molecule has 1 aromatic carbocycles. The fraction of sp³-hybridized carbons (Fsp3) is 0.462. The van der Waals surface area contributed by atoms with Gasteiger partial charge in [-0.25, -0.2) is 8.42 Å². The van der Waals surface area contributed by atoms with Gasteiger partial charge in [-0.2, -0.15) is 0 Å². The van der Waals surface area contributed by atoms with Gasteiger partial charge in [0.25, 0.3) is 0 Å². The number of cyclic esters (lactones) is 1. The van der Waals surface area contributed by atoms with E-state index in [2.05, 4.69) is 0 Å². The molecule has 0 bridgehead atoms. The van der Waals surface area contributed by atoms with Crippen molar-refractivity contribution in [1.29, 1.82) is 0 Å². The van der Waals surface area contributed by atoms with Gasteiger partial charge in [0, 0.05) is 0 Å². The van der Waals surface area contributed by atoms with Gasteiger partial charge in [-0.05, 0) is 37.8 Å². The molecule has 1 heterocycles. The first kappa shape index (κ1) is 11.7. The first-order valence-electron chi connectivity index (χ1n) is 5.97. The summed E-state index contributed by atoms with van der Waals surface area (Å²) in [5.41, 5.74) is 0.991. The van der Waals surface area contributed by atoms with E-state index in [9.17, 15) is 13.2 Å². The Morgan fingerprint density at radius 1 is 1.28 bits per heavy atom. The molecule has 2 fully saturated rings. The summed E-state index contributed by atoms with van der Waals surface area (Å²) in [5.74, 6) is -0.635. The van der Waals surface area contributed by atoms with E-state index in [0.717, 1.165) is 5.56 Å². The van der Waals surface area contributed by atoms with E-state index >= 15 is 0 Å². The standard InChI is InChI=1S/C13H14O4S/c1-9-2-4-11(5-3-9)18(15,16)13-8-10(13)6-7-17-12(13)14/h2-5,10H,6-8H2,1H3/t10-,13-/m0/s1. The van der Waals surface area contributed by atoms with Gasteiger partial charge in [-0.15, -0.1) is 0 Å². The lowest BCUT2D eigenvalue weighted by molar-refractivity contribution is -0.146. The molecule has 0 radical (unpaired) electrons. The summed E-state index contributed by atoms with van der Waals surface area (Å²) in [6, 6.07) is 6.62. The minimum absolute atomic E-state index is 0.0648. The quantitative estimate of drug-likeness (QED) is 0.761. The average molecular weight is 266 g/mol. The Balaban J connectivity index is 2.06. The van der Waals surface area contributed by atoms with E-state index in [-0.39, 0.29) is 10.8 Å². The molecule has 0 spiro atoms. The van der Waals surface area contributed by atoms with Gasteiger partial charge in [-0.3, -0.25) is 4.79 Å². The number of carbonyl (C=O) groups is 1. The number of aryl methyl sites for hydroxylation is 1. The Morgan fingerprint density at radius 3 is 2.56 bits per heavy atom. The predicted molar refractivity (Wildman–Crippen MR) is 64.8 cm³/mol. The van der Waals surface area contributed by atoms with Crippen LogP contribution in [-0.4, -0.2) is 25.7 Å². The zero-order chi connectivity index (χ0) is 13.0. The van der Waals surface area contributed by atoms with Crippen LogP contribution in [0.5, 0.6) is 0 Å². The monoisotopic (exact) mass is 266 g/mol. The second-order valence-corrected chi connectivity index (χ2v) is 7.24. The van der Waals surface area contributed by atoms with Crippen molar-refractivity contribution in [1.82, 2.24) is 0 Å². The molecule has 4 nitrogen and oxygen atoms in total. The van der Waals surface area contributed by atoms with Crippen LogP contribution in [0.15, 0.2) is 29.2 Å². The highest BCUT2D eigenvalue weighted by Gasteiger charge is 2.71. The van der Waals surface area contributed by atoms with Gasteiger partial charge in [0.05, 0.1) is 11.5 Å². The maximum atomic E-state index is 12.6. The van der Waals surface area contributed by atoms with Gasteiger partial charge in [0.1, 0.15) is 0 Å². The van der Waals surface area contributed by atoms with Crippen molar-refractivity contribution >= 4 is 15.8 Å². The Hall–Kier alpha value is -1.36. The Bertz CT molecular complexity index is 602. The number of carbonyl (C=O) groups excluding carboxylic acids is 1. The summed E-state index contributed by atoms with van der Waals surface area (Å²) in [6.45, 7) is 2.23. The summed E-state index contributed by atoms with van der Waals surface area (Å²) < 4.78 is 28.8. The molecule has 1 saturated carbocycles. The Labute approximate surface area is 106 Å². The summed E-state index contributed by atoms with van der Waals surface area (Å²) in [6.07, 6.45) is 1.05. The minimum Gasteiger partial charge on any atom is -0.464 e. The van der Waals surface area contributed by atoms with Crippen LogP contribution in [0.4, 0.5) is 0 Å². The summed E-state index contributed by atoms with van der Waals surface area (Å²) in [4.78, 5) is 12.1. The molecule has 5 heteroatoms. The molecular weight excluding hydrogens is 252 g/mol. The molecule has 1 aromatic rings. The van der Waals surface area contributed by atoms with Crippen molar-refractivity contribution in [2.24, 2.45) is 5.92 Å². The second kappa shape index (κ2) is 3.57. The van der Waals surface area contributed by atoms with E-state index in [4.69, 9.17) is 4.74 Å². The molecule has 1 saturated heterocycles. The number of hydrogen-bond donors (Lipinski definition) is 0. The smallest absolute Gasteiger partial charge is 0.328 e. The molecule has 3 rings (SSSR count). The highest BCUT2D eigenvalue weighted by Crippen LogP contribution is 2.57. The van der Waals surface area contributed by atoms with Crippen LogP contribution in [-0.2, 0) is 19.4 Å². The van der Waals surface area contributed by atoms with Gasteiger partial charge in [0.15, 0.2) is 14.6 Å². The number of esters is 1. The molecule has 2 aliphatic rings. The topological polar surface area (TPSA) is 60.4 Å². The largest absolute Gasteiger partial charge is 0.464 e. The third-order valence-electron chi connectivity index (χ3n) is 3.90.